The minimum atomic E-state index is -4.45. The monoisotopic (exact) mass is 303 g/mol. The number of alkyl halides is 3. The van der Waals surface area contributed by atoms with Gasteiger partial charge in [0.2, 0.25) is 0 Å². The Kier molecular flexibility index (Phi) is 3.24. The van der Waals surface area contributed by atoms with Crippen LogP contribution in [0.15, 0.2) is 42.6 Å². The van der Waals surface area contributed by atoms with E-state index in [1.54, 1.807) is 6.92 Å². The van der Waals surface area contributed by atoms with Gasteiger partial charge in [-0.1, -0.05) is 18.2 Å². The molecule has 0 aliphatic carbocycles. The highest BCUT2D eigenvalue weighted by atomic mass is 19.4. The van der Waals surface area contributed by atoms with Crippen LogP contribution >= 0.6 is 0 Å². The molecule has 1 aromatic carbocycles. The smallest absolute Gasteiger partial charge is 0.398 e. The van der Waals surface area contributed by atoms with Crippen LogP contribution in [0.1, 0.15) is 11.3 Å². The van der Waals surface area contributed by atoms with Gasteiger partial charge in [0.15, 0.2) is 0 Å². The Morgan fingerprint density at radius 2 is 1.77 bits per heavy atom. The van der Waals surface area contributed by atoms with Gasteiger partial charge in [-0.25, -0.2) is 4.98 Å². The highest BCUT2D eigenvalue weighted by Crippen LogP contribution is 2.32. The average molecular weight is 303 g/mol. The van der Waals surface area contributed by atoms with E-state index in [0.717, 1.165) is 17.0 Å². The molecule has 0 bridgehead atoms. The average Bonchev–Trinajstić information content (AvgIpc) is 2.50. The number of nitrogen functional groups attached to an aromatic ring is 1. The topological polar surface area (TPSA) is 51.8 Å². The summed E-state index contributed by atoms with van der Waals surface area (Å²) in [5, 5.41) is 0.823. The minimum absolute atomic E-state index is 0.503. The fraction of sp³-hybridized carbons (Fsp3) is 0.125. The van der Waals surface area contributed by atoms with Crippen LogP contribution in [0.3, 0.4) is 0 Å². The lowest BCUT2D eigenvalue weighted by molar-refractivity contribution is -0.141. The third kappa shape index (κ3) is 2.36. The molecule has 22 heavy (non-hydrogen) atoms. The highest BCUT2D eigenvalue weighted by Gasteiger charge is 2.32. The van der Waals surface area contributed by atoms with Crippen LogP contribution in [0.2, 0.25) is 0 Å². The van der Waals surface area contributed by atoms with Crippen LogP contribution in [-0.2, 0) is 6.18 Å². The largest absolute Gasteiger partial charge is 0.433 e. The molecule has 3 rings (SSSR count). The van der Waals surface area contributed by atoms with Crippen molar-refractivity contribution >= 4 is 16.6 Å². The number of rotatable bonds is 1. The minimum Gasteiger partial charge on any atom is -0.398 e. The molecule has 112 valence electrons. The summed E-state index contributed by atoms with van der Waals surface area (Å²) < 4.78 is 37.7. The lowest BCUT2D eigenvalue weighted by atomic mass is 10.0. The van der Waals surface area contributed by atoms with Crippen molar-refractivity contribution in [3.63, 3.8) is 0 Å². The third-order valence-electron chi connectivity index (χ3n) is 3.51. The van der Waals surface area contributed by atoms with E-state index in [4.69, 9.17) is 5.73 Å². The van der Waals surface area contributed by atoms with Gasteiger partial charge in [0.1, 0.15) is 5.69 Å². The van der Waals surface area contributed by atoms with Crippen molar-refractivity contribution in [2.75, 3.05) is 5.73 Å². The summed E-state index contributed by atoms with van der Waals surface area (Å²) in [6.45, 7) is 1.79. The van der Waals surface area contributed by atoms with Gasteiger partial charge in [0.25, 0.3) is 0 Å². The zero-order valence-corrected chi connectivity index (χ0v) is 11.6. The molecular formula is C16H12F3N3. The van der Waals surface area contributed by atoms with Gasteiger partial charge in [0, 0.05) is 22.8 Å². The van der Waals surface area contributed by atoms with Crippen LogP contribution in [0.4, 0.5) is 18.9 Å². The first-order chi connectivity index (χ1) is 10.4. The molecule has 3 nitrogen and oxygen atoms in total. The highest BCUT2D eigenvalue weighted by molar-refractivity contribution is 5.94. The SMILES string of the molecule is Cc1c(-c2ccc(C(F)(F)F)nc2)nc2ccccc2c1N. The lowest BCUT2D eigenvalue weighted by Gasteiger charge is -2.12. The van der Waals surface area contributed by atoms with Crippen molar-refractivity contribution < 1.29 is 13.2 Å². The second-order valence-corrected chi connectivity index (χ2v) is 4.95. The number of anilines is 1. The van der Waals surface area contributed by atoms with Gasteiger partial charge in [-0.15, -0.1) is 0 Å². The molecule has 0 fully saturated rings. The number of fused-ring (bicyclic) bond motifs is 1. The number of aromatic nitrogens is 2. The van der Waals surface area contributed by atoms with Crippen LogP contribution in [0.5, 0.6) is 0 Å². The first kappa shape index (κ1) is 14.3. The van der Waals surface area contributed by atoms with E-state index in [9.17, 15) is 13.2 Å². The fourth-order valence-electron chi connectivity index (χ4n) is 2.32. The molecule has 0 amide bonds. The van der Waals surface area contributed by atoms with Gasteiger partial charge in [-0.2, -0.15) is 13.2 Å². The summed E-state index contributed by atoms with van der Waals surface area (Å²) in [5.41, 5.74) is 8.22. The molecule has 0 spiro atoms. The maximum atomic E-state index is 12.6. The molecule has 0 atom stereocenters. The number of hydrogen-bond acceptors (Lipinski definition) is 3. The molecule has 0 aliphatic rings. The molecular weight excluding hydrogens is 291 g/mol. The van der Waals surface area contributed by atoms with E-state index >= 15 is 0 Å². The van der Waals surface area contributed by atoms with Crippen molar-refractivity contribution in [3.05, 3.63) is 53.9 Å². The quantitative estimate of drug-likeness (QED) is 0.732. The molecule has 0 saturated carbocycles. The van der Waals surface area contributed by atoms with Crippen molar-refractivity contribution in [3.8, 4) is 11.3 Å². The van der Waals surface area contributed by atoms with E-state index < -0.39 is 11.9 Å². The first-order valence-corrected chi connectivity index (χ1v) is 6.56. The Morgan fingerprint density at radius 1 is 1.05 bits per heavy atom. The summed E-state index contributed by atoms with van der Waals surface area (Å²) in [6.07, 6.45) is -3.28. The predicted octanol–water partition coefficient (Wildman–Crippen LogP) is 4.21. The Bertz CT molecular complexity index is 840. The lowest BCUT2D eigenvalue weighted by Crippen LogP contribution is -2.07. The van der Waals surface area contributed by atoms with Crippen molar-refractivity contribution in [1.29, 1.82) is 0 Å². The van der Waals surface area contributed by atoms with Crippen LogP contribution in [0.25, 0.3) is 22.2 Å². The molecule has 0 saturated heterocycles. The van der Waals surface area contributed by atoms with E-state index in [1.807, 2.05) is 24.3 Å². The number of hydrogen-bond donors (Lipinski definition) is 1. The van der Waals surface area contributed by atoms with Gasteiger partial charge in [0.05, 0.1) is 11.2 Å². The summed E-state index contributed by atoms with van der Waals surface area (Å²) in [6, 6.07) is 9.67. The molecule has 2 aromatic heterocycles. The molecule has 0 aliphatic heterocycles. The van der Waals surface area contributed by atoms with E-state index in [1.165, 1.54) is 12.3 Å². The summed E-state index contributed by atoms with van der Waals surface area (Å²) in [7, 11) is 0. The predicted molar refractivity (Wildman–Crippen MR) is 79.1 cm³/mol. The zero-order valence-electron chi connectivity index (χ0n) is 11.6. The Morgan fingerprint density at radius 3 is 2.41 bits per heavy atom. The van der Waals surface area contributed by atoms with E-state index in [-0.39, 0.29) is 0 Å². The van der Waals surface area contributed by atoms with Gasteiger partial charge >= 0.3 is 6.18 Å². The standard InChI is InChI=1S/C16H12F3N3/c1-9-14(20)11-4-2-3-5-12(11)22-15(9)10-6-7-13(21-8-10)16(17,18)19/h2-8H,1H3,(H2,20,22). The molecule has 2 N–H and O–H groups in total. The summed E-state index contributed by atoms with van der Waals surface area (Å²) in [4.78, 5) is 7.97. The number of benzene rings is 1. The van der Waals surface area contributed by atoms with Gasteiger partial charge in [-0.3, -0.25) is 4.98 Å². The molecule has 6 heteroatoms. The second-order valence-electron chi connectivity index (χ2n) is 4.95. The number of nitrogens with two attached hydrogens (primary N) is 1. The first-order valence-electron chi connectivity index (χ1n) is 6.56. The van der Waals surface area contributed by atoms with E-state index in [0.29, 0.717) is 22.5 Å². The Hall–Kier alpha value is -2.63. The van der Waals surface area contributed by atoms with Gasteiger partial charge in [-0.05, 0) is 30.7 Å². The van der Waals surface area contributed by atoms with Crippen LogP contribution in [-0.4, -0.2) is 9.97 Å². The van der Waals surface area contributed by atoms with Crippen molar-refractivity contribution in [1.82, 2.24) is 9.97 Å². The van der Waals surface area contributed by atoms with Crippen molar-refractivity contribution in [2.24, 2.45) is 0 Å². The summed E-state index contributed by atoms with van der Waals surface area (Å²) >= 11 is 0. The number of para-hydroxylation sites is 1. The maximum Gasteiger partial charge on any atom is 0.433 e. The maximum absolute atomic E-state index is 12.6. The normalized spacial score (nSPS) is 11.8. The molecule has 0 radical (unpaired) electrons. The number of pyridine rings is 2. The molecule has 3 aromatic rings. The third-order valence-corrected chi connectivity index (χ3v) is 3.51. The summed E-state index contributed by atoms with van der Waals surface area (Å²) in [5.74, 6) is 0. The van der Waals surface area contributed by atoms with E-state index in [2.05, 4.69) is 9.97 Å². The number of halogens is 3. The molecule has 0 unspecified atom stereocenters. The van der Waals surface area contributed by atoms with Crippen molar-refractivity contribution in [2.45, 2.75) is 13.1 Å². The number of nitrogens with zero attached hydrogens (tertiary/aromatic N) is 2. The Balaban J connectivity index is 2.16. The van der Waals surface area contributed by atoms with Crippen LogP contribution in [0, 0.1) is 6.92 Å². The Labute approximate surface area is 124 Å². The van der Waals surface area contributed by atoms with Crippen LogP contribution < -0.4 is 5.73 Å². The zero-order chi connectivity index (χ0) is 15.9. The molecule has 2 heterocycles. The fourth-order valence-corrected chi connectivity index (χ4v) is 2.32. The second kappa shape index (κ2) is 4.98. The van der Waals surface area contributed by atoms with Gasteiger partial charge < -0.3 is 5.73 Å².